The van der Waals surface area contributed by atoms with Gasteiger partial charge in [0.2, 0.25) is 0 Å². The molecule has 0 spiro atoms. The van der Waals surface area contributed by atoms with Gasteiger partial charge < -0.3 is 15.8 Å². The van der Waals surface area contributed by atoms with Gasteiger partial charge in [-0.25, -0.2) is 5.43 Å². The lowest BCUT2D eigenvalue weighted by atomic mass is 10.2. The number of carbonyl (C=O) groups is 3. The van der Waals surface area contributed by atoms with E-state index in [0.717, 1.165) is 0 Å². The summed E-state index contributed by atoms with van der Waals surface area (Å²) in [6.07, 6.45) is 1.34. The molecule has 2 aromatic carbocycles. The summed E-state index contributed by atoms with van der Waals surface area (Å²) < 4.78 is 5.11. The Morgan fingerprint density at radius 3 is 2.33 bits per heavy atom. The molecule has 0 atom stereocenters. The van der Waals surface area contributed by atoms with Gasteiger partial charge in [-0.2, -0.15) is 10.4 Å². The number of benzene rings is 2. The molecule has 0 unspecified atom stereocenters. The number of nitrogens with two attached hydrogens (primary N) is 1. The molecule has 0 aromatic heterocycles. The van der Waals surface area contributed by atoms with E-state index in [1.807, 2.05) is 6.07 Å². The van der Waals surface area contributed by atoms with Crippen molar-refractivity contribution in [2.24, 2.45) is 10.8 Å². The van der Waals surface area contributed by atoms with Crippen molar-refractivity contribution in [3.8, 4) is 11.8 Å². The zero-order valence-corrected chi connectivity index (χ0v) is 14.0. The van der Waals surface area contributed by atoms with Crippen molar-refractivity contribution in [1.82, 2.24) is 5.43 Å². The minimum Gasteiger partial charge on any atom is -0.484 e. The third-order valence-corrected chi connectivity index (χ3v) is 3.12. The number of amides is 3. The van der Waals surface area contributed by atoms with Gasteiger partial charge in [-0.15, -0.1) is 0 Å². The molecule has 3 amide bonds. The zero-order chi connectivity index (χ0) is 19.6. The van der Waals surface area contributed by atoms with Gasteiger partial charge in [0.25, 0.3) is 5.91 Å². The van der Waals surface area contributed by atoms with E-state index in [-0.39, 0.29) is 6.61 Å². The molecule has 9 heteroatoms. The van der Waals surface area contributed by atoms with E-state index in [4.69, 9.17) is 15.7 Å². The second-order valence-electron chi connectivity index (χ2n) is 5.17. The highest BCUT2D eigenvalue weighted by molar-refractivity contribution is 6.39. The van der Waals surface area contributed by atoms with Crippen molar-refractivity contribution < 1.29 is 19.1 Å². The van der Waals surface area contributed by atoms with E-state index >= 15 is 0 Å². The van der Waals surface area contributed by atoms with Gasteiger partial charge >= 0.3 is 11.8 Å². The number of hydrogen-bond acceptors (Lipinski definition) is 6. The Hall–Kier alpha value is -4.19. The largest absolute Gasteiger partial charge is 0.484 e. The summed E-state index contributed by atoms with van der Waals surface area (Å²) in [5.74, 6) is -1.97. The first-order valence-corrected chi connectivity index (χ1v) is 7.63. The third-order valence-electron chi connectivity index (χ3n) is 3.12. The van der Waals surface area contributed by atoms with Crippen molar-refractivity contribution in [2.75, 3.05) is 11.9 Å². The Morgan fingerprint density at radius 1 is 1.07 bits per heavy atom. The standard InChI is InChI=1S/C18H15N5O4/c19-9-12-1-5-14(6-2-12)22-17(25)18(26)23-21-10-13-3-7-15(8-4-13)27-11-16(20)24/h1-8,10H,11H2,(H2,20,24)(H,22,25)(H,23,26)/b21-10+. The molecule has 0 heterocycles. The number of hydrogen-bond donors (Lipinski definition) is 3. The Labute approximate surface area is 154 Å². The number of nitrogens with zero attached hydrogens (tertiary/aromatic N) is 2. The molecule has 0 aliphatic heterocycles. The van der Waals surface area contributed by atoms with Gasteiger partial charge in [0, 0.05) is 5.69 Å². The fourth-order valence-electron chi connectivity index (χ4n) is 1.84. The summed E-state index contributed by atoms with van der Waals surface area (Å²) in [5, 5.41) is 14.8. The molecule has 0 bridgehead atoms. The van der Waals surface area contributed by atoms with Crippen molar-refractivity contribution in [3.63, 3.8) is 0 Å². The molecule has 4 N–H and O–H groups in total. The van der Waals surface area contributed by atoms with Crippen LogP contribution in [0.4, 0.5) is 5.69 Å². The van der Waals surface area contributed by atoms with E-state index in [0.29, 0.717) is 22.6 Å². The number of primary amides is 1. The number of hydrazone groups is 1. The fourth-order valence-corrected chi connectivity index (χ4v) is 1.84. The average Bonchev–Trinajstić information content (AvgIpc) is 2.67. The Balaban J connectivity index is 1.83. The highest BCUT2D eigenvalue weighted by Crippen LogP contribution is 2.11. The van der Waals surface area contributed by atoms with Crippen LogP contribution < -0.4 is 21.2 Å². The van der Waals surface area contributed by atoms with Gasteiger partial charge in [0.05, 0.1) is 17.8 Å². The summed E-state index contributed by atoms with van der Waals surface area (Å²) in [5.41, 5.74) is 8.53. The van der Waals surface area contributed by atoms with E-state index in [1.54, 1.807) is 24.3 Å². The summed E-state index contributed by atoms with van der Waals surface area (Å²) in [4.78, 5) is 34.1. The SMILES string of the molecule is N#Cc1ccc(NC(=O)C(=O)N/N=C/c2ccc(OCC(N)=O)cc2)cc1. The first kappa shape index (κ1) is 19.1. The molecule has 0 aliphatic carbocycles. The van der Waals surface area contributed by atoms with Gasteiger partial charge in [-0.05, 0) is 54.1 Å². The Bertz CT molecular complexity index is 899. The zero-order valence-electron chi connectivity index (χ0n) is 14.0. The molecule has 9 nitrogen and oxygen atoms in total. The number of nitrogens with one attached hydrogen (secondary N) is 2. The lowest BCUT2D eigenvalue weighted by molar-refractivity contribution is -0.136. The molecule has 2 rings (SSSR count). The van der Waals surface area contributed by atoms with Gasteiger partial charge in [-0.3, -0.25) is 14.4 Å². The van der Waals surface area contributed by atoms with E-state index in [2.05, 4.69) is 15.8 Å². The molecule has 0 saturated heterocycles. The van der Waals surface area contributed by atoms with E-state index in [1.165, 1.54) is 30.5 Å². The first-order valence-electron chi connectivity index (χ1n) is 7.63. The molecule has 2 aromatic rings. The van der Waals surface area contributed by atoms with Crippen LogP contribution >= 0.6 is 0 Å². The highest BCUT2D eigenvalue weighted by atomic mass is 16.5. The molecule has 0 saturated carbocycles. The van der Waals surface area contributed by atoms with Crippen LogP contribution in [-0.2, 0) is 14.4 Å². The smallest absolute Gasteiger partial charge is 0.329 e. The number of rotatable bonds is 6. The Kier molecular flexibility index (Phi) is 6.62. The monoisotopic (exact) mass is 365 g/mol. The van der Waals surface area contributed by atoms with E-state index in [9.17, 15) is 14.4 Å². The highest BCUT2D eigenvalue weighted by Gasteiger charge is 2.12. The van der Waals surface area contributed by atoms with Gasteiger partial charge in [-0.1, -0.05) is 0 Å². The summed E-state index contributed by atoms with van der Waals surface area (Å²) in [7, 11) is 0. The molecule has 136 valence electrons. The fraction of sp³-hybridized carbons (Fsp3) is 0.0556. The van der Waals surface area contributed by atoms with Crippen LogP contribution in [0, 0.1) is 11.3 Å². The van der Waals surface area contributed by atoms with Gasteiger partial charge in [0.15, 0.2) is 6.61 Å². The normalized spacial score (nSPS) is 10.0. The van der Waals surface area contributed by atoms with Crippen molar-refractivity contribution in [1.29, 1.82) is 5.26 Å². The maximum absolute atomic E-state index is 11.8. The minimum absolute atomic E-state index is 0.224. The topological polar surface area (TPSA) is 147 Å². The lowest BCUT2D eigenvalue weighted by Gasteiger charge is -2.04. The number of carbonyl (C=O) groups excluding carboxylic acids is 3. The minimum atomic E-state index is -0.947. The molecule has 0 radical (unpaired) electrons. The number of anilines is 1. The quantitative estimate of drug-likeness (QED) is 0.388. The predicted molar refractivity (Wildman–Crippen MR) is 96.7 cm³/mol. The lowest BCUT2D eigenvalue weighted by Crippen LogP contribution is -2.32. The molecular formula is C18H15N5O4. The van der Waals surface area contributed by atoms with E-state index < -0.39 is 17.7 Å². The maximum Gasteiger partial charge on any atom is 0.329 e. The van der Waals surface area contributed by atoms with Crippen LogP contribution in [0.2, 0.25) is 0 Å². The molecular weight excluding hydrogens is 350 g/mol. The average molecular weight is 365 g/mol. The maximum atomic E-state index is 11.8. The third kappa shape index (κ3) is 6.32. The molecule has 0 fully saturated rings. The van der Waals surface area contributed by atoms with Crippen LogP contribution in [0.25, 0.3) is 0 Å². The second-order valence-corrected chi connectivity index (χ2v) is 5.17. The van der Waals surface area contributed by atoms with Crippen molar-refractivity contribution in [3.05, 3.63) is 59.7 Å². The van der Waals surface area contributed by atoms with Crippen molar-refractivity contribution in [2.45, 2.75) is 0 Å². The molecule has 27 heavy (non-hydrogen) atoms. The van der Waals surface area contributed by atoms with Crippen molar-refractivity contribution >= 4 is 29.6 Å². The van der Waals surface area contributed by atoms with Crippen LogP contribution in [0.5, 0.6) is 5.75 Å². The predicted octanol–water partition coefficient (Wildman–Crippen LogP) is 0.511. The summed E-state index contributed by atoms with van der Waals surface area (Å²) in [6, 6.07) is 14.5. The summed E-state index contributed by atoms with van der Waals surface area (Å²) >= 11 is 0. The molecule has 0 aliphatic rings. The first-order chi connectivity index (χ1) is 13.0. The second kappa shape index (κ2) is 9.33. The number of ether oxygens (including phenoxy) is 1. The summed E-state index contributed by atoms with van der Waals surface area (Å²) in [6.45, 7) is -0.224. The van der Waals surface area contributed by atoms with Crippen LogP contribution in [0.1, 0.15) is 11.1 Å². The van der Waals surface area contributed by atoms with Crippen LogP contribution in [0.15, 0.2) is 53.6 Å². The van der Waals surface area contributed by atoms with Crippen LogP contribution in [-0.4, -0.2) is 30.5 Å². The van der Waals surface area contributed by atoms with Gasteiger partial charge in [0.1, 0.15) is 5.75 Å². The number of nitriles is 1. The Morgan fingerprint density at radius 2 is 1.74 bits per heavy atom. The van der Waals surface area contributed by atoms with Crippen LogP contribution in [0.3, 0.4) is 0 Å².